The molecule has 1 aromatic carbocycles. The van der Waals surface area contributed by atoms with E-state index >= 15 is 0 Å². The third kappa shape index (κ3) is 4.67. The highest BCUT2D eigenvalue weighted by Gasteiger charge is 2.35. The van der Waals surface area contributed by atoms with E-state index in [-0.39, 0.29) is 11.1 Å². The zero-order chi connectivity index (χ0) is 20.3. The Balaban J connectivity index is 1.57. The number of methoxy groups -OCH3 is 1. The van der Waals surface area contributed by atoms with Crippen molar-refractivity contribution in [3.05, 3.63) is 52.7 Å². The zero-order valence-corrected chi connectivity index (χ0v) is 15.8. The van der Waals surface area contributed by atoms with Crippen LogP contribution in [-0.4, -0.2) is 32.3 Å². The first kappa shape index (κ1) is 20.3. The molecule has 150 valence electrons. The number of carbonyl (C=O) groups is 1. The number of alkyl halides is 3. The number of piperidine rings is 1. The highest BCUT2D eigenvalue weighted by atomic mass is 35.5. The van der Waals surface area contributed by atoms with Crippen molar-refractivity contribution in [1.29, 1.82) is 0 Å². The summed E-state index contributed by atoms with van der Waals surface area (Å²) in [6.07, 6.45) is -2.72. The molecule has 1 aromatic heterocycles. The second-order valence-corrected chi connectivity index (χ2v) is 6.81. The number of ether oxygens (including phenoxy) is 2. The zero-order valence-electron chi connectivity index (χ0n) is 15.1. The maximum absolute atomic E-state index is 12.7. The lowest BCUT2D eigenvalue weighted by atomic mass is 10.1. The fourth-order valence-electron chi connectivity index (χ4n) is 3.01. The first-order valence-electron chi connectivity index (χ1n) is 8.66. The van der Waals surface area contributed by atoms with Crippen molar-refractivity contribution < 1.29 is 32.4 Å². The van der Waals surface area contributed by atoms with Crippen molar-refractivity contribution in [3.63, 3.8) is 0 Å². The summed E-state index contributed by atoms with van der Waals surface area (Å²) in [4.78, 5) is 16.7. The number of carbonyl (C=O) groups excluding carboxylic acids is 1. The second-order valence-electron chi connectivity index (χ2n) is 6.40. The van der Waals surface area contributed by atoms with Crippen LogP contribution in [0.5, 0.6) is 5.75 Å². The number of esters is 1. The molecule has 0 atom stereocenters. The quantitative estimate of drug-likeness (QED) is 0.708. The molecule has 0 radical (unpaired) electrons. The van der Waals surface area contributed by atoms with Crippen LogP contribution in [0, 0.1) is 0 Å². The van der Waals surface area contributed by atoms with Gasteiger partial charge in [0.1, 0.15) is 23.1 Å². The average molecular weight is 416 g/mol. The maximum atomic E-state index is 12.7. The van der Waals surface area contributed by atoms with Gasteiger partial charge in [0.15, 0.2) is 0 Å². The maximum Gasteiger partial charge on any atom is 0.419 e. The summed E-state index contributed by atoms with van der Waals surface area (Å²) in [6.45, 7) is 1.00. The number of anilines is 1. The van der Waals surface area contributed by atoms with E-state index in [2.05, 4.69) is 4.98 Å². The molecule has 0 bridgehead atoms. The van der Waals surface area contributed by atoms with Crippen LogP contribution in [0.3, 0.4) is 0 Å². The number of hydrogen-bond donors (Lipinski definition) is 0. The van der Waals surface area contributed by atoms with Crippen molar-refractivity contribution in [2.45, 2.75) is 25.1 Å². The Morgan fingerprint density at radius 1 is 1.21 bits per heavy atom. The normalized spacial score (nSPS) is 15.4. The van der Waals surface area contributed by atoms with E-state index < -0.39 is 17.7 Å². The largest absolute Gasteiger partial charge is 0.497 e. The van der Waals surface area contributed by atoms with Crippen LogP contribution in [0.25, 0.3) is 0 Å². The van der Waals surface area contributed by atoms with Crippen LogP contribution >= 0.6 is 11.6 Å². The molecular formula is C19H19ClF3N2O3+. The fourth-order valence-corrected chi connectivity index (χ4v) is 3.30. The topological polar surface area (TPSA) is 52.9 Å². The molecular weight excluding hydrogens is 397 g/mol. The monoisotopic (exact) mass is 415 g/mol. The number of hydrogen-bond acceptors (Lipinski definition) is 4. The molecule has 0 unspecified atom stereocenters. The SMILES string of the molecule is COc1ccc(C(=O)OC2CCN(c3[nH+]cc(C(F)(F)F)cc3Cl)CC2)cc1. The van der Waals surface area contributed by atoms with Gasteiger partial charge in [-0.3, -0.25) is 4.90 Å². The van der Waals surface area contributed by atoms with Gasteiger partial charge >= 0.3 is 12.1 Å². The number of aromatic nitrogens is 1. The smallest absolute Gasteiger partial charge is 0.419 e. The number of pyridine rings is 1. The molecule has 5 nitrogen and oxygen atoms in total. The van der Waals surface area contributed by atoms with Crippen LogP contribution in [-0.2, 0) is 10.9 Å². The second kappa shape index (κ2) is 8.26. The number of aromatic amines is 1. The molecule has 1 aliphatic heterocycles. The summed E-state index contributed by atoms with van der Waals surface area (Å²) >= 11 is 6.03. The summed E-state index contributed by atoms with van der Waals surface area (Å²) in [7, 11) is 1.54. The van der Waals surface area contributed by atoms with Crippen LogP contribution < -0.4 is 14.6 Å². The molecule has 0 aliphatic carbocycles. The van der Waals surface area contributed by atoms with E-state index in [0.717, 1.165) is 12.3 Å². The van der Waals surface area contributed by atoms with Crippen LogP contribution in [0.15, 0.2) is 36.5 Å². The lowest BCUT2D eigenvalue weighted by Crippen LogP contribution is -2.40. The number of nitrogens with one attached hydrogen (secondary N) is 1. The summed E-state index contributed by atoms with van der Waals surface area (Å²) in [5.74, 6) is 0.657. The summed E-state index contributed by atoms with van der Waals surface area (Å²) < 4.78 is 48.8. The van der Waals surface area contributed by atoms with E-state index in [9.17, 15) is 18.0 Å². The molecule has 3 rings (SSSR count). The van der Waals surface area contributed by atoms with Gasteiger partial charge in [0.2, 0.25) is 0 Å². The van der Waals surface area contributed by atoms with Crippen molar-refractivity contribution in [2.24, 2.45) is 0 Å². The Morgan fingerprint density at radius 2 is 1.86 bits per heavy atom. The van der Waals surface area contributed by atoms with Crippen molar-refractivity contribution in [1.82, 2.24) is 0 Å². The van der Waals surface area contributed by atoms with Crippen molar-refractivity contribution >= 4 is 23.4 Å². The molecule has 1 fully saturated rings. The van der Waals surface area contributed by atoms with E-state index in [0.29, 0.717) is 43.1 Å². The predicted octanol–water partition coefficient (Wildman–Crippen LogP) is 4.01. The summed E-state index contributed by atoms with van der Waals surface area (Å²) in [6, 6.07) is 7.53. The Hall–Kier alpha value is -2.48. The minimum atomic E-state index is -4.46. The molecule has 9 heteroatoms. The van der Waals surface area contributed by atoms with Gasteiger partial charge in [0, 0.05) is 12.8 Å². The van der Waals surface area contributed by atoms with E-state index in [1.807, 2.05) is 4.90 Å². The Labute approximate surface area is 165 Å². The number of rotatable bonds is 4. The molecule has 28 heavy (non-hydrogen) atoms. The summed E-state index contributed by atoms with van der Waals surface area (Å²) in [5, 5.41) is 0.00324. The minimum absolute atomic E-state index is 0.00324. The minimum Gasteiger partial charge on any atom is -0.497 e. The fraction of sp³-hybridized carbons (Fsp3) is 0.368. The van der Waals surface area contributed by atoms with Crippen LogP contribution in [0.4, 0.5) is 19.0 Å². The lowest BCUT2D eigenvalue weighted by Gasteiger charge is -2.28. The third-order valence-electron chi connectivity index (χ3n) is 4.56. The molecule has 0 spiro atoms. The van der Waals surface area contributed by atoms with Gasteiger partial charge in [-0.25, -0.2) is 9.78 Å². The lowest BCUT2D eigenvalue weighted by molar-refractivity contribution is -0.367. The first-order chi connectivity index (χ1) is 13.3. The Kier molecular flexibility index (Phi) is 5.98. The Bertz CT molecular complexity index is 835. The van der Waals surface area contributed by atoms with Crippen LogP contribution in [0.2, 0.25) is 5.02 Å². The molecule has 1 aliphatic rings. The van der Waals surface area contributed by atoms with Crippen molar-refractivity contribution in [3.8, 4) is 5.75 Å². The third-order valence-corrected chi connectivity index (χ3v) is 4.85. The van der Waals surface area contributed by atoms with Gasteiger partial charge < -0.3 is 9.47 Å². The highest BCUT2D eigenvalue weighted by Crippen LogP contribution is 2.32. The Morgan fingerprint density at radius 3 is 2.39 bits per heavy atom. The first-order valence-corrected chi connectivity index (χ1v) is 9.04. The van der Waals surface area contributed by atoms with Crippen molar-refractivity contribution in [2.75, 3.05) is 25.1 Å². The number of benzene rings is 1. The predicted molar refractivity (Wildman–Crippen MR) is 96.7 cm³/mol. The van der Waals surface area contributed by atoms with E-state index in [1.54, 1.807) is 31.4 Å². The van der Waals surface area contributed by atoms with Gasteiger partial charge in [-0.1, -0.05) is 11.6 Å². The molecule has 0 amide bonds. The van der Waals surface area contributed by atoms with Gasteiger partial charge in [-0.2, -0.15) is 13.2 Å². The van der Waals surface area contributed by atoms with E-state index in [4.69, 9.17) is 21.1 Å². The average Bonchev–Trinajstić information content (AvgIpc) is 2.68. The molecule has 2 heterocycles. The molecule has 0 saturated carbocycles. The number of nitrogens with zero attached hydrogens (tertiary/aromatic N) is 1. The number of H-pyrrole nitrogens is 1. The summed E-state index contributed by atoms with van der Waals surface area (Å²) in [5.41, 5.74) is -0.396. The van der Waals surface area contributed by atoms with Crippen LogP contribution in [0.1, 0.15) is 28.8 Å². The van der Waals surface area contributed by atoms with Gasteiger partial charge in [-0.05, 0) is 30.3 Å². The molecule has 1 saturated heterocycles. The molecule has 2 aromatic rings. The van der Waals surface area contributed by atoms with Gasteiger partial charge in [0.25, 0.3) is 5.82 Å². The van der Waals surface area contributed by atoms with Gasteiger partial charge in [-0.15, -0.1) is 0 Å². The number of halogens is 4. The van der Waals surface area contributed by atoms with Gasteiger partial charge in [0.05, 0.1) is 31.3 Å². The standard InChI is InChI=1S/C19H18ClF3N2O3/c1-27-14-4-2-12(3-5-14)18(26)28-15-6-8-25(9-7-15)17-16(20)10-13(11-24-17)19(21,22)23/h2-5,10-11,15H,6-9H2,1H3/p+1. The molecule has 1 N–H and O–H groups in total. The highest BCUT2D eigenvalue weighted by molar-refractivity contribution is 6.32. The van der Waals surface area contributed by atoms with E-state index in [1.165, 1.54) is 0 Å².